The smallest absolute Gasteiger partial charge is 0.326 e. The van der Waals surface area contributed by atoms with Crippen LogP contribution in [0.4, 0.5) is 0 Å². The molecule has 1 N–H and O–H groups in total. The normalized spacial score (nSPS) is 12.1. The molecule has 2 aromatic rings. The minimum atomic E-state index is -1.08. The molecule has 0 fully saturated rings. The van der Waals surface area contributed by atoms with Crippen molar-refractivity contribution in [2.75, 3.05) is 7.05 Å². The molecule has 1 unspecified atom stereocenters. The molecule has 0 aromatic carbocycles. The first-order chi connectivity index (χ1) is 9.49. The lowest BCUT2D eigenvalue weighted by atomic mass is 10.3. The first-order valence-corrected chi connectivity index (χ1v) is 5.79. The topological polar surface area (TPSA) is 114 Å². The van der Waals surface area contributed by atoms with Gasteiger partial charge < -0.3 is 14.4 Å². The molecule has 1 amide bonds. The number of carbonyl (C=O) groups excluding carboxylic acids is 1. The highest BCUT2D eigenvalue weighted by Gasteiger charge is 2.22. The lowest BCUT2D eigenvalue weighted by Gasteiger charge is -2.20. The van der Waals surface area contributed by atoms with E-state index in [4.69, 9.17) is 9.52 Å². The zero-order valence-electron chi connectivity index (χ0n) is 10.9. The Balaban J connectivity index is 2.04. The Bertz CT molecular complexity index is 606. The van der Waals surface area contributed by atoms with Crippen molar-refractivity contribution in [1.29, 1.82) is 0 Å². The summed E-state index contributed by atoms with van der Waals surface area (Å²) in [5.41, 5.74) is 0. The minimum Gasteiger partial charge on any atom is -0.480 e. The van der Waals surface area contributed by atoms with Crippen molar-refractivity contribution < 1.29 is 19.1 Å². The molecule has 0 saturated heterocycles. The summed E-state index contributed by atoms with van der Waals surface area (Å²) < 4.78 is 5.10. The van der Waals surface area contributed by atoms with Crippen molar-refractivity contribution in [3.05, 3.63) is 18.4 Å². The van der Waals surface area contributed by atoms with Gasteiger partial charge in [0.05, 0.1) is 6.26 Å². The summed E-state index contributed by atoms with van der Waals surface area (Å²) >= 11 is 0. The van der Waals surface area contributed by atoms with Crippen molar-refractivity contribution in [1.82, 2.24) is 25.1 Å². The van der Waals surface area contributed by atoms with Crippen LogP contribution in [0.15, 0.2) is 22.8 Å². The number of carbonyl (C=O) groups is 2. The van der Waals surface area contributed by atoms with Gasteiger partial charge in [-0.2, -0.15) is 4.80 Å². The van der Waals surface area contributed by atoms with E-state index < -0.39 is 17.9 Å². The standard InChI is InChI=1S/C11H13N5O4/c1-7(11(18)19)15(2)9(17)6-16-13-10(12-14-16)8-4-3-5-20-8/h3-5,7H,6H2,1-2H3,(H,18,19). The molecule has 1 atom stereocenters. The molecule has 20 heavy (non-hydrogen) atoms. The number of carboxylic acids is 1. The van der Waals surface area contributed by atoms with E-state index in [1.165, 1.54) is 20.2 Å². The Morgan fingerprint density at radius 1 is 1.55 bits per heavy atom. The summed E-state index contributed by atoms with van der Waals surface area (Å²) in [5.74, 6) is -0.806. The summed E-state index contributed by atoms with van der Waals surface area (Å²) in [7, 11) is 1.41. The number of likely N-dealkylation sites (N-methyl/N-ethyl adjacent to an activating group) is 1. The average Bonchev–Trinajstić information content (AvgIpc) is 3.06. The SMILES string of the molecule is CC(C(=O)O)N(C)C(=O)Cn1nnc(-c2ccco2)n1. The van der Waals surface area contributed by atoms with Crippen LogP contribution in [-0.4, -0.2) is 55.2 Å². The fourth-order valence-corrected chi connectivity index (χ4v) is 1.43. The zero-order chi connectivity index (χ0) is 14.7. The van der Waals surface area contributed by atoms with Crippen molar-refractivity contribution >= 4 is 11.9 Å². The van der Waals surface area contributed by atoms with Crippen LogP contribution >= 0.6 is 0 Å². The molecule has 106 valence electrons. The summed E-state index contributed by atoms with van der Waals surface area (Å²) in [6.07, 6.45) is 1.48. The van der Waals surface area contributed by atoms with Gasteiger partial charge in [-0.1, -0.05) is 0 Å². The second-order valence-corrected chi connectivity index (χ2v) is 4.14. The molecule has 0 spiro atoms. The monoisotopic (exact) mass is 279 g/mol. The first kappa shape index (κ1) is 13.7. The number of hydrogen-bond donors (Lipinski definition) is 1. The molecular formula is C11H13N5O4. The minimum absolute atomic E-state index is 0.193. The van der Waals surface area contributed by atoms with Crippen molar-refractivity contribution in [2.45, 2.75) is 19.5 Å². The van der Waals surface area contributed by atoms with Crippen molar-refractivity contribution in [3.8, 4) is 11.6 Å². The maximum Gasteiger partial charge on any atom is 0.326 e. The molecule has 0 aliphatic carbocycles. The molecule has 9 heteroatoms. The van der Waals surface area contributed by atoms with E-state index in [0.29, 0.717) is 5.76 Å². The van der Waals surface area contributed by atoms with Crippen molar-refractivity contribution in [2.24, 2.45) is 0 Å². The van der Waals surface area contributed by atoms with Crippen molar-refractivity contribution in [3.63, 3.8) is 0 Å². The van der Waals surface area contributed by atoms with Gasteiger partial charge >= 0.3 is 5.97 Å². The molecule has 2 rings (SSSR count). The summed E-state index contributed by atoms with van der Waals surface area (Å²) in [6.45, 7) is 1.23. The number of furan rings is 1. The highest BCUT2D eigenvalue weighted by Crippen LogP contribution is 2.12. The van der Waals surface area contributed by atoms with E-state index in [9.17, 15) is 9.59 Å². The third kappa shape index (κ3) is 2.82. The van der Waals surface area contributed by atoms with E-state index in [-0.39, 0.29) is 12.4 Å². The number of carboxylic acid groups (broad SMARTS) is 1. The van der Waals surface area contributed by atoms with Gasteiger partial charge in [-0.15, -0.1) is 10.2 Å². The third-order valence-electron chi connectivity index (χ3n) is 2.80. The van der Waals surface area contributed by atoms with Gasteiger partial charge in [0, 0.05) is 7.05 Å². The summed E-state index contributed by atoms with van der Waals surface area (Å²) in [4.78, 5) is 24.9. The summed E-state index contributed by atoms with van der Waals surface area (Å²) in [5, 5.41) is 20.3. The number of aromatic nitrogens is 4. The fourth-order valence-electron chi connectivity index (χ4n) is 1.43. The van der Waals surface area contributed by atoms with E-state index in [2.05, 4.69) is 15.4 Å². The van der Waals surface area contributed by atoms with Crippen LogP contribution in [0.3, 0.4) is 0 Å². The molecule has 2 aromatic heterocycles. The predicted molar refractivity (Wildman–Crippen MR) is 65.4 cm³/mol. The molecule has 0 aliphatic rings. The third-order valence-corrected chi connectivity index (χ3v) is 2.80. The quantitative estimate of drug-likeness (QED) is 0.810. The van der Waals surface area contributed by atoms with Crippen LogP contribution in [0.5, 0.6) is 0 Å². The van der Waals surface area contributed by atoms with Gasteiger partial charge in [0.2, 0.25) is 11.7 Å². The van der Waals surface area contributed by atoms with Gasteiger partial charge in [0.25, 0.3) is 0 Å². The van der Waals surface area contributed by atoms with E-state index in [1.807, 2.05) is 0 Å². The Hall–Kier alpha value is -2.71. The molecule has 0 radical (unpaired) electrons. The predicted octanol–water partition coefficient (Wildman–Crippen LogP) is -0.135. The van der Waals surface area contributed by atoms with Gasteiger partial charge in [0.15, 0.2) is 5.76 Å². The van der Waals surface area contributed by atoms with Gasteiger partial charge in [0.1, 0.15) is 12.6 Å². The Kier molecular flexibility index (Phi) is 3.78. The average molecular weight is 279 g/mol. The number of nitrogens with zero attached hydrogens (tertiary/aromatic N) is 5. The maximum atomic E-state index is 11.9. The number of amides is 1. The van der Waals surface area contributed by atoms with Gasteiger partial charge in [-0.25, -0.2) is 4.79 Å². The summed E-state index contributed by atoms with van der Waals surface area (Å²) in [6, 6.07) is 2.43. The lowest BCUT2D eigenvalue weighted by Crippen LogP contribution is -2.42. The molecule has 9 nitrogen and oxygen atoms in total. The van der Waals surface area contributed by atoms with E-state index in [0.717, 1.165) is 9.70 Å². The van der Waals surface area contributed by atoms with Crippen LogP contribution in [0.2, 0.25) is 0 Å². The van der Waals surface area contributed by atoms with Gasteiger partial charge in [-0.05, 0) is 24.3 Å². The number of aliphatic carboxylic acids is 1. The molecule has 2 heterocycles. The largest absolute Gasteiger partial charge is 0.480 e. The van der Waals surface area contributed by atoms with Crippen LogP contribution in [-0.2, 0) is 16.1 Å². The molecule has 0 bridgehead atoms. The Labute approximate surface area is 113 Å². The van der Waals surface area contributed by atoms with Crippen LogP contribution in [0, 0.1) is 0 Å². The Morgan fingerprint density at radius 3 is 2.90 bits per heavy atom. The van der Waals surface area contributed by atoms with Gasteiger partial charge in [-0.3, -0.25) is 4.79 Å². The van der Waals surface area contributed by atoms with Crippen LogP contribution in [0.25, 0.3) is 11.6 Å². The fraction of sp³-hybridized carbons (Fsp3) is 0.364. The maximum absolute atomic E-state index is 11.9. The zero-order valence-corrected chi connectivity index (χ0v) is 10.9. The first-order valence-electron chi connectivity index (χ1n) is 5.79. The molecular weight excluding hydrogens is 266 g/mol. The molecule has 0 aliphatic heterocycles. The van der Waals surface area contributed by atoms with E-state index in [1.54, 1.807) is 12.1 Å². The second-order valence-electron chi connectivity index (χ2n) is 4.14. The second kappa shape index (κ2) is 5.51. The number of hydrogen-bond acceptors (Lipinski definition) is 6. The lowest BCUT2D eigenvalue weighted by molar-refractivity contribution is -0.148. The number of tetrazole rings is 1. The Morgan fingerprint density at radius 2 is 2.30 bits per heavy atom. The van der Waals surface area contributed by atoms with Crippen LogP contribution < -0.4 is 0 Å². The highest BCUT2D eigenvalue weighted by atomic mass is 16.4. The molecule has 0 saturated carbocycles. The van der Waals surface area contributed by atoms with Crippen LogP contribution in [0.1, 0.15) is 6.92 Å². The number of rotatable bonds is 5. The van der Waals surface area contributed by atoms with E-state index >= 15 is 0 Å². The highest BCUT2D eigenvalue weighted by molar-refractivity contribution is 5.82.